The van der Waals surface area contributed by atoms with Crippen molar-refractivity contribution in [1.82, 2.24) is 29.3 Å². The Morgan fingerprint density at radius 3 is 2.54 bits per heavy atom. The first kappa shape index (κ1) is 33.1. The molecule has 2 aromatic carbocycles. The first-order valence-electron chi connectivity index (χ1n) is 15.0. The maximum Gasteiger partial charge on any atom is 0.450 e. The van der Waals surface area contributed by atoms with E-state index in [1.165, 1.54) is 23.1 Å². The second-order valence-corrected chi connectivity index (χ2v) is 12.1. The van der Waals surface area contributed by atoms with Crippen LogP contribution in [0.1, 0.15) is 18.7 Å². The third-order valence-electron chi connectivity index (χ3n) is 8.62. The monoisotopic (exact) mass is 684 g/mol. The van der Waals surface area contributed by atoms with E-state index >= 15 is 0 Å². The van der Waals surface area contributed by atoms with Crippen molar-refractivity contribution >= 4 is 45.1 Å². The van der Waals surface area contributed by atoms with Crippen LogP contribution in [-0.2, 0) is 11.0 Å². The zero-order valence-electron chi connectivity index (χ0n) is 25.6. The van der Waals surface area contributed by atoms with Crippen molar-refractivity contribution in [1.29, 1.82) is 5.26 Å². The van der Waals surface area contributed by atoms with E-state index in [4.69, 9.17) is 16.3 Å². The Balaban J connectivity index is 1.57. The van der Waals surface area contributed by atoms with Gasteiger partial charge in [-0.15, -0.1) is 0 Å². The van der Waals surface area contributed by atoms with Gasteiger partial charge in [-0.2, -0.15) is 28.4 Å². The number of piperazine rings is 1. The van der Waals surface area contributed by atoms with E-state index in [1.807, 2.05) is 6.07 Å². The van der Waals surface area contributed by atoms with Gasteiger partial charge in [-0.05, 0) is 37.1 Å². The molecule has 0 aliphatic carbocycles. The molecule has 2 aromatic heterocycles. The van der Waals surface area contributed by atoms with E-state index < -0.39 is 46.7 Å². The van der Waals surface area contributed by atoms with Gasteiger partial charge in [0.15, 0.2) is 11.3 Å². The molecule has 6 rings (SSSR count). The minimum absolute atomic E-state index is 0.0152. The summed E-state index contributed by atoms with van der Waals surface area (Å²) in [6, 6.07) is 9.99. The van der Waals surface area contributed by atoms with E-state index in [0.29, 0.717) is 9.95 Å². The third kappa shape index (κ3) is 6.13. The molecule has 11 nitrogen and oxygen atoms in total. The molecule has 250 valence electrons. The van der Waals surface area contributed by atoms with Crippen molar-refractivity contribution in [3.05, 3.63) is 70.3 Å². The normalized spacial score (nSPS) is 20.3. The lowest BCUT2D eigenvalue weighted by atomic mass is 10.1. The Morgan fingerprint density at radius 2 is 1.88 bits per heavy atom. The molecule has 0 spiro atoms. The fraction of sp³-hybridized carbons (Fsp3) is 0.375. The molecule has 3 atom stereocenters. The summed E-state index contributed by atoms with van der Waals surface area (Å²) < 4.78 is 64.9. The third-order valence-corrected chi connectivity index (χ3v) is 8.93. The quantitative estimate of drug-likeness (QED) is 0.204. The molecule has 1 amide bonds. The summed E-state index contributed by atoms with van der Waals surface area (Å²) in [6.07, 6.45) is -4.95. The van der Waals surface area contributed by atoms with Crippen LogP contribution in [0.4, 0.5) is 23.4 Å². The maximum atomic E-state index is 14.8. The van der Waals surface area contributed by atoms with Gasteiger partial charge in [-0.3, -0.25) is 19.1 Å². The number of carbonyl (C=O) groups excluding carboxylic acids is 1. The van der Waals surface area contributed by atoms with Gasteiger partial charge in [0.05, 0.1) is 29.2 Å². The van der Waals surface area contributed by atoms with Crippen molar-refractivity contribution < 1.29 is 27.1 Å². The number of fused-ring (bicyclic) bond motifs is 2. The van der Waals surface area contributed by atoms with Gasteiger partial charge in [-0.25, -0.2) is 9.37 Å². The summed E-state index contributed by atoms with van der Waals surface area (Å²) in [5.74, 6) is -2.08. The molecule has 2 saturated heterocycles. The summed E-state index contributed by atoms with van der Waals surface area (Å²) in [4.78, 5) is 44.3. The fourth-order valence-corrected chi connectivity index (χ4v) is 6.59. The number of hydrogen-bond donors (Lipinski definition) is 0. The lowest BCUT2D eigenvalue weighted by Gasteiger charge is -2.40. The summed E-state index contributed by atoms with van der Waals surface area (Å²) in [7, 11) is 1.73. The summed E-state index contributed by atoms with van der Waals surface area (Å²) >= 11 is 6.45. The Morgan fingerprint density at radius 1 is 1.12 bits per heavy atom. The smallest absolute Gasteiger partial charge is 0.450 e. The molecular formula is C32H29ClF4N8O3. The average Bonchev–Trinajstić information content (AvgIpc) is 3.38. The Labute approximate surface area is 276 Å². The van der Waals surface area contributed by atoms with Crippen LogP contribution < -0.4 is 15.2 Å². The molecule has 2 aliphatic rings. The van der Waals surface area contributed by atoms with E-state index in [9.17, 15) is 32.4 Å². The van der Waals surface area contributed by atoms with Gasteiger partial charge in [-0.1, -0.05) is 42.4 Å². The van der Waals surface area contributed by atoms with Gasteiger partial charge in [0.2, 0.25) is 11.7 Å². The van der Waals surface area contributed by atoms with Crippen molar-refractivity contribution in [2.75, 3.05) is 44.7 Å². The van der Waals surface area contributed by atoms with Crippen LogP contribution in [-0.4, -0.2) is 93.3 Å². The predicted octanol–water partition coefficient (Wildman–Crippen LogP) is 4.54. The number of anilines is 1. The first-order chi connectivity index (χ1) is 22.9. The number of ether oxygens (including phenoxy) is 1. The van der Waals surface area contributed by atoms with Crippen LogP contribution in [0, 0.1) is 11.3 Å². The van der Waals surface area contributed by atoms with Gasteiger partial charge in [0, 0.05) is 37.6 Å². The van der Waals surface area contributed by atoms with Crippen molar-refractivity contribution in [2.45, 2.75) is 37.3 Å². The first-order valence-corrected chi connectivity index (χ1v) is 15.4. The second kappa shape index (κ2) is 13.0. The molecule has 0 saturated carbocycles. The van der Waals surface area contributed by atoms with Crippen LogP contribution in [0.2, 0.25) is 5.02 Å². The van der Waals surface area contributed by atoms with Gasteiger partial charge >= 0.3 is 12.2 Å². The summed E-state index contributed by atoms with van der Waals surface area (Å²) in [5, 5.41) is 10.3. The lowest BCUT2D eigenvalue weighted by molar-refractivity contribution is -0.146. The standard InChI is InChI=1S/C32H29ClF4N8O3/c1-3-24(46)44-13-12-43(16-20(44)10-11-38)28-26-27(40-31(41-28)48-17-21-14-19(34)15-42(21)2)29(47)45(30(39-26)32(35,36)37)23-9-5-7-18-6-4-8-22(33)25(18)23/h3-9,19-21H,1,10,12-17H2,2H3/t19-,20+,21+/m1/s1. The number of alkyl halides is 4. The number of carbonyl (C=O) groups is 1. The number of aromatic nitrogens is 4. The molecule has 0 radical (unpaired) electrons. The highest BCUT2D eigenvalue weighted by atomic mass is 35.5. The summed E-state index contributed by atoms with van der Waals surface area (Å²) in [6.45, 7) is 3.80. The number of likely N-dealkylation sites (N-methyl/N-ethyl adjacent to an activating group) is 1. The van der Waals surface area contributed by atoms with Crippen molar-refractivity contribution in [3.63, 3.8) is 0 Å². The number of nitrogens with zero attached hydrogens (tertiary/aromatic N) is 8. The summed E-state index contributed by atoms with van der Waals surface area (Å²) in [5.41, 5.74) is -2.20. The topological polar surface area (TPSA) is 120 Å². The number of likely N-dealkylation sites (tertiary alicyclic amines) is 1. The molecular weight excluding hydrogens is 656 g/mol. The van der Waals surface area contributed by atoms with Crippen LogP contribution in [0.5, 0.6) is 6.01 Å². The number of amides is 1. The molecule has 2 fully saturated rings. The second-order valence-electron chi connectivity index (χ2n) is 11.7. The number of halogens is 5. The molecule has 0 N–H and O–H groups in total. The number of nitriles is 1. The highest BCUT2D eigenvalue weighted by molar-refractivity contribution is 6.36. The van der Waals surface area contributed by atoms with Crippen LogP contribution >= 0.6 is 11.6 Å². The molecule has 4 heterocycles. The van der Waals surface area contributed by atoms with Crippen molar-refractivity contribution in [2.24, 2.45) is 0 Å². The Bertz CT molecular complexity index is 2010. The maximum absolute atomic E-state index is 14.8. The minimum atomic E-state index is -5.11. The van der Waals surface area contributed by atoms with E-state index in [2.05, 4.69) is 21.5 Å². The molecule has 0 unspecified atom stereocenters. The van der Waals surface area contributed by atoms with Crippen LogP contribution in [0.3, 0.4) is 0 Å². The Kier molecular flexibility index (Phi) is 8.97. The molecule has 48 heavy (non-hydrogen) atoms. The fourth-order valence-electron chi connectivity index (χ4n) is 6.31. The van der Waals surface area contributed by atoms with Gasteiger partial charge in [0.1, 0.15) is 18.3 Å². The van der Waals surface area contributed by atoms with Gasteiger partial charge < -0.3 is 14.5 Å². The average molecular weight is 685 g/mol. The van der Waals surface area contributed by atoms with Gasteiger partial charge in [0.25, 0.3) is 5.56 Å². The Hall–Kier alpha value is -4.81. The van der Waals surface area contributed by atoms with Crippen molar-refractivity contribution in [3.8, 4) is 17.8 Å². The predicted molar refractivity (Wildman–Crippen MR) is 170 cm³/mol. The van der Waals surface area contributed by atoms with E-state index in [0.717, 1.165) is 6.08 Å². The SMILES string of the molecule is C=CC(=O)N1CCN(c2nc(OC[C@@H]3C[C@@H](F)CN3C)nc3c(=O)n(-c4cccc5cccc(Cl)c45)c(C(F)(F)F)nc23)C[C@@H]1CC#N. The number of hydrogen-bond acceptors (Lipinski definition) is 9. The highest BCUT2D eigenvalue weighted by Gasteiger charge is 2.40. The molecule has 16 heteroatoms. The molecule has 2 aliphatic heterocycles. The number of benzene rings is 2. The van der Waals surface area contributed by atoms with Crippen LogP contribution in [0.15, 0.2) is 53.8 Å². The molecule has 4 aromatic rings. The number of rotatable bonds is 7. The van der Waals surface area contributed by atoms with Crippen LogP contribution in [0.25, 0.3) is 27.5 Å². The lowest BCUT2D eigenvalue weighted by Crippen LogP contribution is -2.55. The highest BCUT2D eigenvalue weighted by Crippen LogP contribution is 2.36. The van der Waals surface area contributed by atoms with E-state index in [1.54, 1.807) is 35.0 Å². The van der Waals surface area contributed by atoms with E-state index in [-0.39, 0.29) is 79.6 Å². The zero-order chi connectivity index (χ0) is 34.3. The zero-order valence-corrected chi connectivity index (χ0v) is 26.4. The molecule has 0 bridgehead atoms. The minimum Gasteiger partial charge on any atom is -0.462 e. The largest absolute Gasteiger partial charge is 0.462 e.